The fourth-order valence-electron chi connectivity index (χ4n) is 1.32. The van der Waals surface area contributed by atoms with Crippen LogP contribution in [-0.2, 0) is 0 Å². The molecule has 0 unspecified atom stereocenters. The maximum absolute atomic E-state index is 5.96. The van der Waals surface area contributed by atoms with Crippen molar-refractivity contribution in [1.82, 2.24) is 9.97 Å². The number of halogens is 2. The number of benzene rings is 1. The van der Waals surface area contributed by atoms with Crippen molar-refractivity contribution >= 4 is 23.2 Å². The van der Waals surface area contributed by atoms with Gasteiger partial charge >= 0.3 is 0 Å². The highest BCUT2D eigenvalue weighted by Crippen LogP contribution is 2.27. The number of ether oxygens (including phenoxy) is 1. The summed E-state index contributed by atoms with van der Waals surface area (Å²) in [7, 11) is 1.59. The van der Waals surface area contributed by atoms with E-state index in [1.165, 1.54) is 0 Å². The number of hydrogen-bond donors (Lipinski definition) is 0. The molecule has 16 heavy (non-hydrogen) atoms. The number of rotatable bonds is 2. The molecule has 0 aliphatic heterocycles. The van der Waals surface area contributed by atoms with Gasteiger partial charge in [0, 0.05) is 16.8 Å². The van der Waals surface area contributed by atoms with Crippen molar-refractivity contribution < 1.29 is 4.74 Å². The van der Waals surface area contributed by atoms with Gasteiger partial charge in [0.2, 0.25) is 5.28 Å². The molecule has 3 nitrogen and oxygen atoms in total. The Morgan fingerprint density at radius 2 is 2.00 bits per heavy atom. The standard InChI is InChI=1S/C11H8Cl2N2O/c1-16-9-5-7(4-8(12)6-9)10-2-3-14-11(13)15-10/h2-6H,1H3. The molecule has 0 atom stereocenters. The van der Waals surface area contributed by atoms with Crippen LogP contribution in [0.3, 0.4) is 0 Å². The van der Waals surface area contributed by atoms with Crippen LogP contribution in [0.1, 0.15) is 0 Å². The first-order chi connectivity index (χ1) is 7.69. The third-order valence-corrected chi connectivity index (χ3v) is 2.43. The second-order valence-electron chi connectivity index (χ2n) is 3.09. The molecule has 5 heteroatoms. The van der Waals surface area contributed by atoms with Gasteiger partial charge in [-0.3, -0.25) is 0 Å². The Morgan fingerprint density at radius 1 is 1.19 bits per heavy atom. The van der Waals surface area contributed by atoms with Gasteiger partial charge in [-0.15, -0.1) is 0 Å². The molecule has 0 N–H and O–H groups in total. The minimum atomic E-state index is 0.205. The predicted octanol–water partition coefficient (Wildman–Crippen LogP) is 3.46. The van der Waals surface area contributed by atoms with E-state index in [9.17, 15) is 0 Å². The average Bonchev–Trinajstić information content (AvgIpc) is 2.28. The molecular formula is C11H8Cl2N2O. The van der Waals surface area contributed by atoms with Crippen LogP contribution in [-0.4, -0.2) is 17.1 Å². The first kappa shape index (κ1) is 11.2. The average molecular weight is 255 g/mol. The van der Waals surface area contributed by atoms with E-state index in [0.717, 1.165) is 5.56 Å². The van der Waals surface area contributed by atoms with Gasteiger partial charge in [0.1, 0.15) is 5.75 Å². The van der Waals surface area contributed by atoms with E-state index >= 15 is 0 Å². The van der Waals surface area contributed by atoms with Gasteiger partial charge in [-0.1, -0.05) is 11.6 Å². The lowest BCUT2D eigenvalue weighted by atomic mass is 10.1. The van der Waals surface area contributed by atoms with Crippen molar-refractivity contribution in [2.75, 3.05) is 7.11 Å². The van der Waals surface area contributed by atoms with Crippen molar-refractivity contribution in [1.29, 1.82) is 0 Å². The summed E-state index contributed by atoms with van der Waals surface area (Å²) in [6, 6.07) is 7.12. The van der Waals surface area contributed by atoms with E-state index in [4.69, 9.17) is 27.9 Å². The van der Waals surface area contributed by atoms with Crippen molar-refractivity contribution in [2.24, 2.45) is 0 Å². The van der Waals surface area contributed by atoms with Gasteiger partial charge in [-0.05, 0) is 35.9 Å². The predicted molar refractivity (Wildman–Crippen MR) is 64.0 cm³/mol. The van der Waals surface area contributed by atoms with Crippen LogP contribution in [0.15, 0.2) is 30.5 Å². The van der Waals surface area contributed by atoms with Crippen LogP contribution in [0, 0.1) is 0 Å². The zero-order valence-corrected chi connectivity index (χ0v) is 9.96. The van der Waals surface area contributed by atoms with Gasteiger partial charge in [0.15, 0.2) is 0 Å². The van der Waals surface area contributed by atoms with E-state index in [1.807, 2.05) is 6.07 Å². The third kappa shape index (κ3) is 2.43. The first-order valence-corrected chi connectivity index (χ1v) is 5.28. The summed E-state index contributed by atoms with van der Waals surface area (Å²) in [5.74, 6) is 0.678. The lowest BCUT2D eigenvalue weighted by Crippen LogP contribution is -1.88. The van der Waals surface area contributed by atoms with E-state index in [0.29, 0.717) is 16.5 Å². The molecule has 2 rings (SSSR count). The van der Waals surface area contributed by atoms with Crippen molar-refractivity contribution in [3.8, 4) is 17.0 Å². The summed E-state index contributed by atoms with van der Waals surface area (Å²) in [5, 5.41) is 0.792. The van der Waals surface area contributed by atoms with Gasteiger partial charge < -0.3 is 4.74 Å². The molecule has 1 heterocycles. The van der Waals surface area contributed by atoms with Crippen molar-refractivity contribution in [3.05, 3.63) is 40.8 Å². The molecule has 82 valence electrons. The molecular weight excluding hydrogens is 247 g/mol. The molecule has 0 radical (unpaired) electrons. The minimum absolute atomic E-state index is 0.205. The summed E-state index contributed by atoms with van der Waals surface area (Å²) in [6.07, 6.45) is 1.60. The Morgan fingerprint density at radius 3 is 2.69 bits per heavy atom. The zero-order chi connectivity index (χ0) is 11.5. The van der Waals surface area contributed by atoms with Gasteiger partial charge in [-0.2, -0.15) is 0 Å². The number of aromatic nitrogens is 2. The Kier molecular flexibility index (Phi) is 3.27. The number of nitrogens with zero attached hydrogens (tertiary/aromatic N) is 2. The van der Waals surface area contributed by atoms with Crippen LogP contribution < -0.4 is 4.74 Å². The molecule has 0 saturated heterocycles. The Balaban J connectivity index is 2.51. The molecule has 0 bridgehead atoms. The normalized spacial score (nSPS) is 10.2. The zero-order valence-electron chi connectivity index (χ0n) is 8.45. The molecule has 0 spiro atoms. The van der Waals surface area contributed by atoms with E-state index in [1.54, 1.807) is 31.5 Å². The molecule has 0 aliphatic carbocycles. The maximum atomic E-state index is 5.96. The molecule has 1 aromatic heterocycles. The van der Waals surface area contributed by atoms with Crippen molar-refractivity contribution in [3.63, 3.8) is 0 Å². The third-order valence-electron chi connectivity index (χ3n) is 2.03. The smallest absolute Gasteiger partial charge is 0.222 e. The topological polar surface area (TPSA) is 35.0 Å². The molecule has 0 aliphatic rings. The van der Waals surface area contributed by atoms with Gasteiger partial charge in [-0.25, -0.2) is 9.97 Å². The monoisotopic (exact) mass is 254 g/mol. The molecule has 0 amide bonds. The fraction of sp³-hybridized carbons (Fsp3) is 0.0909. The molecule has 0 saturated carbocycles. The summed E-state index contributed by atoms with van der Waals surface area (Å²) < 4.78 is 5.13. The Bertz CT molecular complexity index is 517. The summed E-state index contributed by atoms with van der Waals surface area (Å²) in [4.78, 5) is 7.92. The second kappa shape index (κ2) is 4.68. The highest BCUT2D eigenvalue weighted by molar-refractivity contribution is 6.31. The van der Waals surface area contributed by atoms with Crippen LogP contribution in [0.25, 0.3) is 11.3 Å². The summed E-state index contributed by atoms with van der Waals surface area (Å²) >= 11 is 11.7. The van der Waals surface area contributed by atoms with Crippen molar-refractivity contribution in [2.45, 2.75) is 0 Å². The second-order valence-corrected chi connectivity index (χ2v) is 3.87. The largest absolute Gasteiger partial charge is 0.497 e. The van der Waals surface area contributed by atoms with Crippen LogP contribution >= 0.6 is 23.2 Å². The highest BCUT2D eigenvalue weighted by atomic mass is 35.5. The van der Waals surface area contributed by atoms with E-state index < -0.39 is 0 Å². The quantitative estimate of drug-likeness (QED) is 0.771. The fourth-order valence-corrected chi connectivity index (χ4v) is 1.70. The number of methoxy groups -OCH3 is 1. The molecule has 0 fully saturated rings. The lowest BCUT2D eigenvalue weighted by molar-refractivity contribution is 0.415. The van der Waals surface area contributed by atoms with E-state index in [2.05, 4.69) is 9.97 Å². The Hall–Kier alpha value is -1.32. The minimum Gasteiger partial charge on any atom is -0.497 e. The SMILES string of the molecule is COc1cc(Cl)cc(-c2ccnc(Cl)n2)c1. The van der Waals surface area contributed by atoms with Gasteiger partial charge in [0.25, 0.3) is 0 Å². The van der Waals surface area contributed by atoms with Crippen LogP contribution in [0.4, 0.5) is 0 Å². The molecule has 2 aromatic rings. The van der Waals surface area contributed by atoms with E-state index in [-0.39, 0.29) is 5.28 Å². The first-order valence-electron chi connectivity index (χ1n) is 4.52. The maximum Gasteiger partial charge on any atom is 0.222 e. The summed E-state index contributed by atoms with van der Waals surface area (Å²) in [6.45, 7) is 0. The highest BCUT2D eigenvalue weighted by Gasteiger charge is 2.04. The molecule has 1 aromatic carbocycles. The lowest BCUT2D eigenvalue weighted by Gasteiger charge is -2.05. The van der Waals surface area contributed by atoms with Gasteiger partial charge in [0.05, 0.1) is 12.8 Å². The summed E-state index contributed by atoms with van der Waals surface area (Å²) in [5.41, 5.74) is 1.55. The van der Waals surface area contributed by atoms with Crippen LogP contribution in [0.2, 0.25) is 10.3 Å². The Labute approximate surface area is 103 Å². The number of hydrogen-bond acceptors (Lipinski definition) is 3. The van der Waals surface area contributed by atoms with Crippen LogP contribution in [0.5, 0.6) is 5.75 Å².